The average Bonchev–Trinajstić information content (AvgIpc) is 1.86. The molecule has 0 N–H and O–H groups in total. The van der Waals surface area contributed by atoms with E-state index < -0.39 is 9.05 Å². The van der Waals surface area contributed by atoms with Crippen LogP contribution in [0.3, 0.4) is 0 Å². The Bertz CT molecular complexity index is 262. The first-order chi connectivity index (χ1) is 4.98. The first-order valence-electron chi connectivity index (χ1n) is 3.26. The van der Waals surface area contributed by atoms with Crippen molar-refractivity contribution in [1.82, 2.24) is 0 Å². The van der Waals surface area contributed by atoms with Crippen molar-refractivity contribution in [2.45, 2.75) is 20.3 Å². The van der Waals surface area contributed by atoms with Crippen LogP contribution in [0.5, 0.6) is 0 Å². The summed E-state index contributed by atoms with van der Waals surface area (Å²) in [5, 5.41) is 0. The molecule has 0 saturated heterocycles. The molecule has 0 fully saturated rings. The molecule has 0 spiro atoms. The summed E-state index contributed by atoms with van der Waals surface area (Å²) in [5.74, 6) is 0. The molecule has 64 valence electrons. The van der Waals surface area contributed by atoms with Crippen LogP contribution >= 0.6 is 10.7 Å². The maximum atomic E-state index is 10.6. The van der Waals surface area contributed by atoms with Gasteiger partial charge >= 0.3 is 0 Å². The highest BCUT2D eigenvalue weighted by Crippen LogP contribution is 2.10. The van der Waals surface area contributed by atoms with Gasteiger partial charge in [0.1, 0.15) is 0 Å². The fraction of sp³-hybridized carbons (Fsp3) is 0.429. The molecule has 0 amide bonds. The minimum atomic E-state index is -3.50. The topological polar surface area (TPSA) is 34.1 Å². The van der Waals surface area contributed by atoms with Crippen LogP contribution in [0.1, 0.15) is 20.3 Å². The van der Waals surface area contributed by atoms with E-state index in [4.69, 9.17) is 10.7 Å². The van der Waals surface area contributed by atoms with Gasteiger partial charge in [-0.3, -0.25) is 0 Å². The molecule has 0 unspecified atom stereocenters. The van der Waals surface area contributed by atoms with E-state index in [0.29, 0.717) is 0 Å². The third-order valence-electron chi connectivity index (χ3n) is 1.09. The maximum Gasteiger partial charge on any atom is 0.257 e. The molecule has 4 heteroatoms. The van der Waals surface area contributed by atoms with Gasteiger partial charge in [0.2, 0.25) is 0 Å². The maximum absolute atomic E-state index is 10.6. The van der Waals surface area contributed by atoms with E-state index in [0.717, 1.165) is 6.42 Å². The van der Waals surface area contributed by atoms with Crippen molar-refractivity contribution in [2.75, 3.05) is 0 Å². The van der Waals surface area contributed by atoms with E-state index in [1.165, 1.54) is 13.0 Å². The van der Waals surface area contributed by atoms with Crippen molar-refractivity contribution in [3.63, 3.8) is 0 Å². The summed E-state index contributed by atoms with van der Waals surface area (Å²) in [7, 11) is 1.53. The quantitative estimate of drug-likeness (QED) is 0.511. The number of allylic oxidation sites excluding steroid dienone is 4. The molecule has 0 aromatic rings. The Morgan fingerprint density at radius 1 is 1.55 bits per heavy atom. The Hall–Kier alpha value is -0.280. The molecule has 0 aromatic carbocycles. The van der Waals surface area contributed by atoms with Crippen molar-refractivity contribution >= 4 is 19.7 Å². The van der Waals surface area contributed by atoms with Crippen molar-refractivity contribution in [2.24, 2.45) is 0 Å². The molecule has 0 atom stereocenters. The van der Waals surface area contributed by atoms with Gasteiger partial charge in [0.25, 0.3) is 9.05 Å². The molecular formula is C7H11ClO2S. The lowest BCUT2D eigenvalue weighted by atomic mass is 10.4. The lowest BCUT2D eigenvalue weighted by Gasteiger charge is -1.89. The Labute approximate surface area is 72.0 Å². The third kappa shape index (κ3) is 5.04. The molecule has 0 heterocycles. The van der Waals surface area contributed by atoms with E-state index in [2.05, 4.69) is 0 Å². The summed E-state index contributed by atoms with van der Waals surface area (Å²) in [5.41, 5.74) is 0. The van der Waals surface area contributed by atoms with Gasteiger partial charge in [-0.1, -0.05) is 19.1 Å². The number of halogens is 1. The minimum absolute atomic E-state index is 0.170. The molecule has 11 heavy (non-hydrogen) atoms. The van der Waals surface area contributed by atoms with Gasteiger partial charge < -0.3 is 0 Å². The lowest BCUT2D eigenvalue weighted by molar-refractivity contribution is 0.615. The van der Waals surface area contributed by atoms with Crippen LogP contribution in [-0.4, -0.2) is 8.42 Å². The van der Waals surface area contributed by atoms with Crippen LogP contribution in [-0.2, 0) is 9.05 Å². The number of hydrogen-bond acceptors (Lipinski definition) is 2. The Morgan fingerprint density at radius 3 is 2.45 bits per heavy atom. The molecule has 0 aromatic heterocycles. The molecule has 0 aliphatic rings. The number of hydrogen-bond donors (Lipinski definition) is 0. The van der Waals surface area contributed by atoms with Crippen LogP contribution in [0.25, 0.3) is 0 Å². The summed E-state index contributed by atoms with van der Waals surface area (Å²) in [6.07, 6.45) is 5.89. The molecule has 0 bridgehead atoms. The van der Waals surface area contributed by atoms with Gasteiger partial charge in [0.05, 0.1) is 4.91 Å². The van der Waals surface area contributed by atoms with Gasteiger partial charge in [0.15, 0.2) is 0 Å². The van der Waals surface area contributed by atoms with Crippen molar-refractivity contribution < 1.29 is 8.42 Å². The minimum Gasteiger partial charge on any atom is -0.207 e. The first kappa shape index (κ1) is 10.7. The molecule has 0 saturated carbocycles. The van der Waals surface area contributed by atoms with Crippen LogP contribution in [0.2, 0.25) is 0 Å². The molecule has 0 aliphatic carbocycles. The van der Waals surface area contributed by atoms with Crippen LogP contribution < -0.4 is 0 Å². The van der Waals surface area contributed by atoms with Gasteiger partial charge in [-0.05, 0) is 19.4 Å². The fourth-order valence-electron chi connectivity index (χ4n) is 0.421. The van der Waals surface area contributed by atoms with Gasteiger partial charge in [0, 0.05) is 10.7 Å². The Balaban J connectivity index is 4.37. The second kappa shape index (κ2) is 4.57. The number of rotatable bonds is 3. The second-order valence-corrected chi connectivity index (χ2v) is 4.79. The molecular weight excluding hydrogens is 184 g/mol. The highest BCUT2D eigenvalue weighted by atomic mass is 35.7. The summed E-state index contributed by atoms with van der Waals surface area (Å²) < 4.78 is 21.2. The summed E-state index contributed by atoms with van der Waals surface area (Å²) in [6, 6.07) is 0. The molecule has 2 nitrogen and oxygen atoms in total. The average molecular weight is 195 g/mol. The van der Waals surface area contributed by atoms with Gasteiger partial charge in [-0.2, -0.15) is 0 Å². The normalized spacial score (nSPS) is 14.3. The third-order valence-corrected chi connectivity index (χ3v) is 2.72. The highest BCUT2D eigenvalue weighted by Gasteiger charge is 2.05. The summed E-state index contributed by atoms with van der Waals surface area (Å²) in [4.78, 5) is 0.170. The molecule has 0 aliphatic heterocycles. The fourth-order valence-corrected chi connectivity index (χ4v) is 0.816. The van der Waals surface area contributed by atoms with E-state index in [1.54, 1.807) is 6.08 Å². The largest absolute Gasteiger partial charge is 0.257 e. The van der Waals surface area contributed by atoms with Gasteiger partial charge in [-0.25, -0.2) is 8.42 Å². The van der Waals surface area contributed by atoms with E-state index in [-0.39, 0.29) is 4.91 Å². The van der Waals surface area contributed by atoms with Crippen LogP contribution in [0.15, 0.2) is 23.1 Å². The van der Waals surface area contributed by atoms with Crippen molar-refractivity contribution in [3.8, 4) is 0 Å². The molecule has 0 rings (SSSR count). The highest BCUT2D eigenvalue weighted by molar-refractivity contribution is 8.16. The smallest absolute Gasteiger partial charge is 0.207 e. The van der Waals surface area contributed by atoms with Gasteiger partial charge in [-0.15, -0.1) is 0 Å². The van der Waals surface area contributed by atoms with Crippen molar-refractivity contribution in [1.29, 1.82) is 0 Å². The predicted octanol–water partition coefficient (Wildman–Crippen LogP) is 2.43. The predicted molar refractivity (Wildman–Crippen MR) is 48.0 cm³/mol. The zero-order chi connectivity index (χ0) is 8.91. The lowest BCUT2D eigenvalue weighted by Crippen LogP contribution is -1.88. The van der Waals surface area contributed by atoms with E-state index in [1.807, 2.05) is 13.0 Å². The zero-order valence-electron chi connectivity index (χ0n) is 6.54. The van der Waals surface area contributed by atoms with Crippen LogP contribution in [0.4, 0.5) is 0 Å². The Morgan fingerprint density at radius 2 is 2.09 bits per heavy atom. The van der Waals surface area contributed by atoms with E-state index >= 15 is 0 Å². The van der Waals surface area contributed by atoms with Crippen LogP contribution in [0, 0.1) is 0 Å². The second-order valence-electron chi connectivity index (χ2n) is 2.05. The summed E-state index contributed by atoms with van der Waals surface area (Å²) in [6.45, 7) is 3.43. The standard InChI is InChI=1S/C7H11ClO2S/c1-3-4-5-6-7(2)11(8,9)10/h4-6H,3H2,1-2H3/b5-4-,7-6+. The monoisotopic (exact) mass is 194 g/mol. The van der Waals surface area contributed by atoms with Crippen molar-refractivity contribution in [3.05, 3.63) is 23.1 Å². The zero-order valence-corrected chi connectivity index (χ0v) is 8.11. The summed E-state index contributed by atoms with van der Waals surface area (Å²) >= 11 is 0. The Kier molecular flexibility index (Phi) is 4.45. The van der Waals surface area contributed by atoms with E-state index in [9.17, 15) is 8.42 Å². The molecule has 0 radical (unpaired) electrons. The SMILES string of the molecule is CC/C=C\C=C(/C)S(=O)(=O)Cl. The first-order valence-corrected chi connectivity index (χ1v) is 5.57.